The van der Waals surface area contributed by atoms with Crippen molar-refractivity contribution in [1.29, 1.82) is 0 Å². The lowest BCUT2D eigenvalue weighted by Crippen LogP contribution is -2.13. The third-order valence-corrected chi connectivity index (χ3v) is 2.91. The first-order chi connectivity index (χ1) is 8.97. The number of anilines is 1. The van der Waals surface area contributed by atoms with Crippen molar-refractivity contribution in [2.24, 2.45) is 0 Å². The van der Waals surface area contributed by atoms with E-state index in [0.29, 0.717) is 17.3 Å². The number of rotatable bonds is 1. The van der Waals surface area contributed by atoms with Crippen molar-refractivity contribution in [2.75, 3.05) is 5.73 Å². The second-order valence-electron chi connectivity index (χ2n) is 5.41. The van der Waals surface area contributed by atoms with Gasteiger partial charge in [-0.2, -0.15) is 9.78 Å². The van der Waals surface area contributed by atoms with Crippen molar-refractivity contribution in [3.8, 4) is 5.82 Å². The molecule has 0 spiro atoms. The zero-order valence-electron chi connectivity index (χ0n) is 11.0. The van der Waals surface area contributed by atoms with Gasteiger partial charge in [-0.05, 0) is 0 Å². The predicted molar refractivity (Wildman–Crippen MR) is 71.9 cm³/mol. The van der Waals surface area contributed by atoms with E-state index in [1.54, 1.807) is 11.0 Å². The second-order valence-corrected chi connectivity index (χ2v) is 5.41. The van der Waals surface area contributed by atoms with Crippen molar-refractivity contribution in [2.45, 2.75) is 26.2 Å². The highest BCUT2D eigenvalue weighted by atomic mass is 15.4. The SMILES string of the molecule is CC(C)(C)c1cc(N)n(-c2ncnc3nc[nH]c23)n1. The molecule has 3 heterocycles. The molecule has 0 aromatic carbocycles. The van der Waals surface area contributed by atoms with Crippen LogP contribution in [0.2, 0.25) is 0 Å². The van der Waals surface area contributed by atoms with Gasteiger partial charge in [-0.15, -0.1) is 0 Å². The number of imidazole rings is 1. The summed E-state index contributed by atoms with van der Waals surface area (Å²) in [5.74, 6) is 1.15. The number of aromatic amines is 1. The summed E-state index contributed by atoms with van der Waals surface area (Å²) in [7, 11) is 0. The lowest BCUT2D eigenvalue weighted by atomic mass is 9.92. The smallest absolute Gasteiger partial charge is 0.184 e. The summed E-state index contributed by atoms with van der Waals surface area (Å²) in [4.78, 5) is 15.4. The molecule has 0 unspecified atom stereocenters. The van der Waals surface area contributed by atoms with Gasteiger partial charge >= 0.3 is 0 Å². The molecular weight excluding hydrogens is 242 g/mol. The molecule has 0 saturated carbocycles. The van der Waals surface area contributed by atoms with Crippen molar-refractivity contribution in [3.63, 3.8) is 0 Å². The Kier molecular flexibility index (Phi) is 2.31. The normalized spacial score (nSPS) is 12.2. The van der Waals surface area contributed by atoms with E-state index in [0.717, 1.165) is 11.2 Å². The number of H-pyrrole nitrogens is 1. The summed E-state index contributed by atoms with van der Waals surface area (Å²) in [6, 6.07) is 1.87. The highest BCUT2D eigenvalue weighted by molar-refractivity contribution is 5.78. The molecule has 0 aliphatic rings. The maximum absolute atomic E-state index is 6.04. The summed E-state index contributed by atoms with van der Waals surface area (Å²) in [5.41, 5.74) is 8.19. The molecule has 3 aromatic heterocycles. The molecule has 19 heavy (non-hydrogen) atoms. The van der Waals surface area contributed by atoms with Gasteiger partial charge in [0.2, 0.25) is 0 Å². The summed E-state index contributed by atoms with van der Waals surface area (Å²) < 4.78 is 1.61. The largest absolute Gasteiger partial charge is 0.384 e. The van der Waals surface area contributed by atoms with E-state index in [2.05, 4.69) is 45.8 Å². The van der Waals surface area contributed by atoms with Crippen LogP contribution in [0.3, 0.4) is 0 Å². The Morgan fingerprint density at radius 2 is 2.00 bits per heavy atom. The van der Waals surface area contributed by atoms with Crippen LogP contribution in [-0.2, 0) is 5.41 Å². The minimum absolute atomic E-state index is 0.0699. The number of nitrogen functional groups attached to an aromatic ring is 1. The van der Waals surface area contributed by atoms with Crippen LogP contribution in [0.1, 0.15) is 26.5 Å². The maximum Gasteiger partial charge on any atom is 0.184 e. The fourth-order valence-corrected chi connectivity index (χ4v) is 1.84. The minimum atomic E-state index is -0.0699. The van der Waals surface area contributed by atoms with Crippen molar-refractivity contribution < 1.29 is 0 Å². The molecule has 0 saturated heterocycles. The van der Waals surface area contributed by atoms with Crippen LogP contribution in [0, 0.1) is 0 Å². The third-order valence-electron chi connectivity index (χ3n) is 2.91. The number of nitrogens with zero attached hydrogens (tertiary/aromatic N) is 5. The van der Waals surface area contributed by atoms with E-state index in [1.807, 2.05) is 6.07 Å². The highest BCUT2D eigenvalue weighted by Gasteiger charge is 2.21. The highest BCUT2D eigenvalue weighted by Crippen LogP contribution is 2.25. The maximum atomic E-state index is 6.04. The summed E-state index contributed by atoms with van der Waals surface area (Å²) >= 11 is 0. The number of hydrogen-bond donors (Lipinski definition) is 2. The van der Waals surface area contributed by atoms with Crippen molar-refractivity contribution >= 4 is 17.0 Å². The first-order valence-electron chi connectivity index (χ1n) is 5.97. The van der Waals surface area contributed by atoms with Crippen molar-refractivity contribution in [3.05, 3.63) is 24.4 Å². The topological polar surface area (TPSA) is 98.3 Å². The summed E-state index contributed by atoms with van der Waals surface area (Å²) in [6.07, 6.45) is 3.03. The monoisotopic (exact) mass is 257 g/mol. The van der Waals surface area contributed by atoms with Gasteiger partial charge in [0.1, 0.15) is 17.7 Å². The fraction of sp³-hybridized carbons (Fsp3) is 0.333. The summed E-state index contributed by atoms with van der Waals surface area (Å²) in [6.45, 7) is 6.26. The molecule has 0 aliphatic carbocycles. The van der Waals surface area contributed by atoms with Gasteiger partial charge in [0.15, 0.2) is 11.5 Å². The number of aromatic nitrogens is 6. The van der Waals surface area contributed by atoms with Crippen LogP contribution >= 0.6 is 0 Å². The lowest BCUT2D eigenvalue weighted by molar-refractivity contribution is 0.560. The van der Waals surface area contributed by atoms with E-state index < -0.39 is 0 Å². The van der Waals surface area contributed by atoms with Crippen LogP contribution in [-0.4, -0.2) is 29.7 Å². The van der Waals surface area contributed by atoms with E-state index >= 15 is 0 Å². The molecule has 98 valence electrons. The Balaban J connectivity index is 2.22. The second kappa shape index (κ2) is 3.78. The third kappa shape index (κ3) is 1.83. The Hall–Kier alpha value is -2.44. The molecule has 0 bridgehead atoms. The Labute approximate surface area is 109 Å². The standard InChI is InChI=1S/C12H15N7/c1-12(2,3)7-4-8(13)19(18-7)11-9-10(15-5-14-9)16-6-17-11/h4-6H,13H2,1-3H3,(H,14,15,16,17). The van der Waals surface area contributed by atoms with Gasteiger partial charge < -0.3 is 10.7 Å². The molecular formula is C12H15N7. The Morgan fingerprint density at radius 1 is 1.21 bits per heavy atom. The molecule has 3 rings (SSSR count). The molecule has 0 fully saturated rings. The average molecular weight is 257 g/mol. The Morgan fingerprint density at radius 3 is 2.68 bits per heavy atom. The molecule has 7 heteroatoms. The molecule has 3 aromatic rings. The first-order valence-corrected chi connectivity index (χ1v) is 5.97. The lowest BCUT2D eigenvalue weighted by Gasteiger charge is -2.13. The average Bonchev–Trinajstić information content (AvgIpc) is 2.93. The van der Waals surface area contributed by atoms with Crippen LogP contribution in [0.15, 0.2) is 18.7 Å². The van der Waals surface area contributed by atoms with Crippen LogP contribution in [0.25, 0.3) is 17.0 Å². The van der Waals surface area contributed by atoms with Gasteiger partial charge in [0, 0.05) is 11.5 Å². The van der Waals surface area contributed by atoms with Crippen LogP contribution in [0.5, 0.6) is 0 Å². The molecule has 7 nitrogen and oxygen atoms in total. The quantitative estimate of drug-likeness (QED) is 0.687. The van der Waals surface area contributed by atoms with Gasteiger partial charge in [0.25, 0.3) is 0 Å². The van der Waals surface area contributed by atoms with Crippen molar-refractivity contribution in [1.82, 2.24) is 29.7 Å². The van der Waals surface area contributed by atoms with Crippen LogP contribution < -0.4 is 5.73 Å². The van der Waals surface area contributed by atoms with E-state index in [4.69, 9.17) is 5.73 Å². The van der Waals surface area contributed by atoms with E-state index in [9.17, 15) is 0 Å². The zero-order chi connectivity index (χ0) is 13.6. The van der Waals surface area contributed by atoms with E-state index in [1.165, 1.54) is 6.33 Å². The summed E-state index contributed by atoms with van der Waals surface area (Å²) in [5, 5.41) is 4.53. The molecule has 0 aliphatic heterocycles. The number of nitrogens with two attached hydrogens (primary N) is 1. The van der Waals surface area contributed by atoms with E-state index in [-0.39, 0.29) is 5.41 Å². The molecule has 3 N–H and O–H groups in total. The zero-order valence-corrected chi connectivity index (χ0v) is 11.0. The first kappa shape index (κ1) is 11.6. The fourth-order valence-electron chi connectivity index (χ4n) is 1.84. The van der Waals surface area contributed by atoms with Gasteiger partial charge in [-0.3, -0.25) is 0 Å². The molecule has 0 radical (unpaired) electrons. The van der Waals surface area contributed by atoms with Crippen LogP contribution in [0.4, 0.5) is 5.82 Å². The van der Waals surface area contributed by atoms with Gasteiger partial charge in [-0.25, -0.2) is 15.0 Å². The van der Waals surface area contributed by atoms with Gasteiger partial charge in [-0.1, -0.05) is 20.8 Å². The number of hydrogen-bond acceptors (Lipinski definition) is 5. The molecule has 0 atom stereocenters. The molecule has 0 amide bonds. The van der Waals surface area contributed by atoms with Gasteiger partial charge in [0.05, 0.1) is 12.0 Å². The Bertz CT molecular complexity index is 732. The number of fused-ring (bicyclic) bond motifs is 1. The predicted octanol–water partition coefficient (Wildman–Crippen LogP) is 1.42. The minimum Gasteiger partial charge on any atom is -0.384 e. The number of nitrogens with one attached hydrogen (secondary N) is 1.